The lowest BCUT2D eigenvalue weighted by molar-refractivity contribution is 0.0697. The summed E-state index contributed by atoms with van der Waals surface area (Å²) in [5.41, 5.74) is 1.14. The van der Waals surface area contributed by atoms with Crippen molar-refractivity contribution in [3.8, 4) is 0 Å². The summed E-state index contributed by atoms with van der Waals surface area (Å²) >= 11 is 0. The molecule has 0 amide bonds. The van der Waals surface area contributed by atoms with Crippen molar-refractivity contribution in [3.05, 3.63) is 60.2 Å². The highest BCUT2D eigenvalue weighted by atomic mass is 32.2. The predicted octanol–water partition coefficient (Wildman–Crippen LogP) is 1.90. The molecule has 0 aromatic heterocycles. The first-order valence-corrected chi connectivity index (χ1v) is 9.06. The second kappa shape index (κ2) is 6.62. The van der Waals surface area contributed by atoms with E-state index in [1.54, 1.807) is 54.6 Å². The molecule has 3 rings (SSSR count). The van der Waals surface area contributed by atoms with Crippen LogP contribution in [0.15, 0.2) is 59.5 Å². The second-order valence-corrected chi connectivity index (χ2v) is 7.49. The fraction of sp³-hybridized carbons (Fsp3) is 0.235. The topological polar surface area (TPSA) is 77.9 Å². The smallest absolute Gasteiger partial charge is 0.335 e. The Labute approximate surface area is 141 Å². The summed E-state index contributed by atoms with van der Waals surface area (Å²) in [6.45, 7) is 1.94. The molecule has 0 unspecified atom stereocenters. The van der Waals surface area contributed by atoms with Crippen LogP contribution in [0.4, 0.5) is 5.69 Å². The fourth-order valence-electron chi connectivity index (χ4n) is 2.74. The molecule has 126 valence electrons. The summed E-state index contributed by atoms with van der Waals surface area (Å²) in [4.78, 5) is 13.3. The van der Waals surface area contributed by atoms with Crippen molar-refractivity contribution in [1.29, 1.82) is 0 Å². The van der Waals surface area contributed by atoms with Crippen LogP contribution in [0.2, 0.25) is 0 Å². The summed E-state index contributed by atoms with van der Waals surface area (Å²) in [5, 5.41) is 8.93. The number of sulfonamides is 1. The standard InChI is InChI=1S/C17H18N2O4S/c20-17(21)14-6-8-15(9-7-14)18-10-12-19(13-11-18)24(22,23)16-4-2-1-3-5-16/h1-9H,10-13H2,(H,20,21). The molecule has 7 heteroatoms. The zero-order valence-corrected chi connectivity index (χ0v) is 13.8. The van der Waals surface area contributed by atoms with E-state index < -0.39 is 16.0 Å². The molecular weight excluding hydrogens is 328 g/mol. The van der Waals surface area contributed by atoms with Gasteiger partial charge < -0.3 is 10.0 Å². The van der Waals surface area contributed by atoms with Gasteiger partial charge in [0.1, 0.15) is 0 Å². The maximum absolute atomic E-state index is 12.6. The van der Waals surface area contributed by atoms with Crippen molar-refractivity contribution in [2.45, 2.75) is 4.90 Å². The van der Waals surface area contributed by atoms with Gasteiger partial charge in [0.05, 0.1) is 10.5 Å². The van der Waals surface area contributed by atoms with Crippen molar-refractivity contribution in [2.24, 2.45) is 0 Å². The van der Waals surface area contributed by atoms with E-state index in [4.69, 9.17) is 5.11 Å². The zero-order chi connectivity index (χ0) is 17.2. The molecule has 6 nitrogen and oxygen atoms in total. The summed E-state index contributed by atoms with van der Waals surface area (Å²) in [7, 11) is -3.46. The van der Waals surface area contributed by atoms with Gasteiger partial charge >= 0.3 is 5.97 Å². The van der Waals surface area contributed by atoms with Gasteiger partial charge in [-0.2, -0.15) is 4.31 Å². The van der Waals surface area contributed by atoms with Crippen LogP contribution in [0.3, 0.4) is 0 Å². The molecule has 1 fully saturated rings. The van der Waals surface area contributed by atoms with Gasteiger partial charge in [0.15, 0.2) is 0 Å². The number of piperazine rings is 1. The third-order valence-corrected chi connectivity index (χ3v) is 6.01. The minimum absolute atomic E-state index is 0.240. The van der Waals surface area contributed by atoms with Crippen molar-refractivity contribution >= 4 is 21.7 Å². The Balaban J connectivity index is 1.68. The minimum atomic E-state index is -3.46. The number of hydrogen-bond acceptors (Lipinski definition) is 4. The molecule has 0 saturated carbocycles. The van der Waals surface area contributed by atoms with Gasteiger partial charge in [-0.15, -0.1) is 0 Å². The van der Waals surface area contributed by atoms with Gasteiger partial charge in [-0.3, -0.25) is 0 Å². The van der Waals surface area contributed by atoms with Crippen LogP contribution in [-0.4, -0.2) is 50.0 Å². The zero-order valence-electron chi connectivity index (χ0n) is 13.0. The van der Waals surface area contributed by atoms with Crippen LogP contribution in [-0.2, 0) is 10.0 Å². The quantitative estimate of drug-likeness (QED) is 0.915. The van der Waals surface area contributed by atoms with Crippen LogP contribution in [0.25, 0.3) is 0 Å². The number of nitrogens with zero attached hydrogens (tertiary/aromatic N) is 2. The Kier molecular flexibility index (Phi) is 4.55. The van der Waals surface area contributed by atoms with Gasteiger partial charge in [-0.1, -0.05) is 18.2 Å². The molecule has 1 N–H and O–H groups in total. The lowest BCUT2D eigenvalue weighted by atomic mass is 10.2. The number of hydrogen-bond donors (Lipinski definition) is 1. The van der Waals surface area contributed by atoms with Crippen molar-refractivity contribution in [3.63, 3.8) is 0 Å². The Morgan fingerprint density at radius 3 is 2.00 bits per heavy atom. The highest BCUT2D eigenvalue weighted by Gasteiger charge is 2.28. The molecule has 1 saturated heterocycles. The van der Waals surface area contributed by atoms with E-state index >= 15 is 0 Å². The number of carboxylic acids is 1. The number of carboxylic acid groups (broad SMARTS) is 1. The van der Waals surface area contributed by atoms with E-state index in [1.807, 2.05) is 0 Å². The maximum atomic E-state index is 12.6. The van der Waals surface area contributed by atoms with Gasteiger partial charge in [0.25, 0.3) is 0 Å². The lowest BCUT2D eigenvalue weighted by Gasteiger charge is -2.35. The summed E-state index contributed by atoms with van der Waals surface area (Å²) in [6.07, 6.45) is 0. The van der Waals surface area contributed by atoms with Crippen LogP contribution in [0.5, 0.6) is 0 Å². The van der Waals surface area contributed by atoms with Crippen molar-refractivity contribution < 1.29 is 18.3 Å². The van der Waals surface area contributed by atoms with Crippen LogP contribution in [0.1, 0.15) is 10.4 Å². The average molecular weight is 346 g/mol. The van der Waals surface area contributed by atoms with E-state index in [2.05, 4.69) is 4.90 Å². The summed E-state index contributed by atoms with van der Waals surface area (Å²) < 4.78 is 26.7. The number of anilines is 1. The van der Waals surface area contributed by atoms with E-state index in [0.717, 1.165) is 5.69 Å². The molecule has 0 bridgehead atoms. The molecule has 24 heavy (non-hydrogen) atoms. The number of aromatic carboxylic acids is 1. The number of carbonyl (C=O) groups is 1. The van der Waals surface area contributed by atoms with E-state index in [-0.39, 0.29) is 5.56 Å². The third kappa shape index (κ3) is 3.27. The van der Waals surface area contributed by atoms with E-state index in [9.17, 15) is 13.2 Å². The van der Waals surface area contributed by atoms with Crippen molar-refractivity contribution in [2.75, 3.05) is 31.1 Å². The van der Waals surface area contributed by atoms with E-state index in [1.165, 1.54) is 4.31 Å². The largest absolute Gasteiger partial charge is 0.478 e. The number of benzene rings is 2. The average Bonchev–Trinajstić information content (AvgIpc) is 2.62. The molecule has 0 atom stereocenters. The maximum Gasteiger partial charge on any atom is 0.335 e. The molecule has 0 radical (unpaired) electrons. The molecule has 0 spiro atoms. The molecule has 2 aromatic carbocycles. The van der Waals surface area contributed by atoms with Crippen LogP contribution >= 0.6 is 0 Å². The Morgan fingerprint density at radius 2 is 1.46 bits per heavy atom. The number of rotatable bonds is 4. The highest BCUT2D eigenvalue weighted by Crippen LogP contribution is 2.21. The van der Waals surface area contributed by atoms with Gasteiger partial charge in [0, 0.05) is 31.9 Å². The molecular formula is C17H18N2O4S. The Hall–Kier alpha value is -2.38. The van der Waals surface area contributed by atoms with Gasteiger partial charge in [-0.05, 0) is 36.4 Å². The monoisotopic (exact) mass is 346 g/mol. The van der Waals surface area contributed by atoms with E-state index in [0.29, 0.717) is 31.1 Å². The lowest BCUT2D eigenvalue weighted by Crippen LogP contribution is -2.48. The molecule has 0 aliphatic carbocycles. The predicted molar refractivity (Wildman–Crippen MR) is 90.8 cm³/mol. The first-order chi connectivity index (χ1) is 11.5. The highest BCUT2D eigenvalue weighted by molar-refractivity contribution is 7.89. The van der Waals surface area contributed by atoms with Gasteiger partial charge in [-0.25, -0.2) is 13.2 Å². The molecule has 2 aromatic rings. The Morgan fingerprint density at radius 1 is 0.875 bits per heavy atom. The van der Waals surface area contributed by atoms with Crippen LogP contribution < -0.4 is 4.90 Å². The Bertz CT molecular complexity index is 811. The SMILES string of the molecule is O=C(O)c1ccc(N2CCN(S(=O)(=O)c3ccccc3)CC2)cc1. The van der Waals surface area contributed by atoms with Crippen LogP contribution in [0, 0.1) is 0 Å². The molecule has 1 aliphatic heterocycles. The van der Waals surface area contributed by atoms with Crippen molar-refractivity contribution in [1.82, 2.24) is 4.31 Å². The summed E-state index contributed by atoms with van der Waals surface area (Å²) in [6, 6.07) is 15.1. The van der Waals surface area contributed by atoms with Gasteiger partial charge in [0.2, 0.25) is 10.0 Å². The molecule has 1 aliphatic rings. The third-order valence-electron chi connectivity index (χ3n) is 4.10. The molecule has 1 heterocycles. The minimum Gasteiger partial charge on any atom is -0.478 e. The second-order valence-electron chi connectivity index (χ2n) is 5.56. The first-order valence-electron chi connectivity index (χ1n) is 7.62. The summed E-state index contributed by atoms with van der Waals surface area (Å²) in [5.74, 6) is -0.958. The first kappa shape index (κ1) is 16.5. The normalized spacial score (nSPS) is 16.1. The fourth-order valence-corrected chi connectivity index (χ4v) is 4.19.